The van der Waals surface area contributed by atoms with Crippen LogP contribution in [-0.4, -0.2) is 15.9 Å². The molecule has 0 bridgehead atoms. The zero-order valence-electron chi connectivity index (χ0n) is 11.9. The molecule has 7 heteroatoms. The molecule has 1 heterocycles. The monoisotopic (exact) mass is 367 g/mol. The van der Waals surface area contributed by atoms with E-state index in [4.69, 9.17) is 34.8 Å². The first-order valence-corrected chi connectivity index (χ1v) is 7.99. The SMILES string of the molecule is O=C(Cc1cc(Cl)cc(Cl)c1)NCc1nc2ccc(Cl)cc2[nH]1. The van der Waals surface area contributed by atoms with Gasteiger partial charge in [-0.15, -0.1) is 0 Å². The summed E-state index contributed by atoms with van der Waals surface area (Å²) in [5.41, 5.74) is 2.40. The maximum absolute atomic E-state index is 12.0. The number of aromatic amines is 1. The fourth-order valence-electron chi connectivity index (χ4n) is 2.26. The number of halogens is 3. The first-order chi connectivity index (χ1) is 11.0. The highest BCUT2D eigenvalue weighted by molar-refractivity contribution is 6.34. The molecule has 0 aliphatic carbocycles. The molecular weight excluding hydrogens is 357 g/mol. The van der Waals surface area contributed by atoms with Crippen molar-refractivity contribution in [3.63, 3.8) is 0 Å². The molecule has 3 aromatic rings. The number of imidazole rings is 1. The zero-order chi connectivity index (χ0) is 16.4. The highest BCUT2D eigenvalue weighted by atomic mass is 35.5. The number of rotatable bonds is 4. The van der Waals surface area contributed by atoms with Gasteiger partial charge in [-0.2, -0.15) is 0 Å². The van der Waals surface area contributed by atoms with Crippen LogP contribution in [0.1, 0.15) is 11.4 Å². The van der Waals surface area contributed by atoms with Gasteiger partial charge in [-0.25, -0.2) is 4.98 Å². The number of H-pyrrole nitrogens is 1. The van der Waals surface area contributed by atoms with Crippen molar-refractivity contribution in [3.05, 3.63) is 62.9 Å². The van der Waals surface area contributed by atoms with E-state index in [2.05, 4.69) is 15.3 Å². The van der Waals surface area contributed by atoms with Crippen LogP contribution < -0.4 is 5.32 Å². The second-order valence-electron chi connectivity index (χ2n) is 5.08. The molecule has 1 amide bonds. The Morgan fingerprint density at radius 1 is 1.04 bits per heavy atom. The van der Waals surface area contributed by atoms with Gasteiger partial charge in [0.15, 0.2) is 0 Å². The van der Waals surface area contributed by atoms with Crippen molar-refractivity contribution in [2.75, 3.05) is 0 Å². The van der Waals surface area contributed by atoms with Crippen molar-refractivity contribution in [1.29, 1.82) is 0 Å². The lowest BCUT2D eigenvalue weighted by molar-refractivity contribution is -0.120. The van der Waals surface area contributed by atoms with E-state index in [1.807, 2.05) is 6.07 Å². The Morgan fingerprint density at radius 2 is 1.78 bits per heavy atom. The molecule has 2 N–H and O–H groups in total. The highest BCUT2D eigenvalue weighted by Crippen LogP contribution is 2.19. The van der Waals surface area contributed by atoms with Crippen molar-refractivity contribution in [2.24, 2.45) is 0 Å². The molecule has 3 rings (SSSR count). The Kier molecular flexibility index (Phi) is 4.76. The Balaban J connectivity index is 1.63. The van der Waals surface area contributed by atoms with E-state index in [1.165, 1.54) is 0 Å². The number of carbonyl (C=O) groups excluding carboxylic acids is 1. The van der Waals surface area contributed by atoms with Gasteiger partial charge in [-0.1, -0.05) is 34.8 Å². The topological polar surface area (TPSA) is 57.8 Å². The van der Waals surface area contributed by atoms with Crippen molar-refractivity contribution in [3.8, 4) is 0 Å². The van der Waals surface area contributed by atoms with E-state index in [0.29, 0.717) is 27.4 Å². The van der Waals surface area contributed by atoms with Gasteiger partial charge >= 0.3 is 0 Å². The van der Waals surface area contributed by atoms with Crippen molar-refractivity contribution < 1.29 is 4.79 Å². The normalized spacial score (nSPS) is 10.9. The van der Waals surface area contributed by atoms with Crippen molar-refractivity contribution >= 4 is 51.7 Å². The molecule has 4 nitrogen and oxygen atoms in total. The third kappa shape index (κ3) is 4.16. The lowest BCUT2D eigenvalue weighted by Crippen LogP contribution is -2.25. The lowest BCUT2D eigenvalue weighted by Gasteiger charge is -2.04. The number of carbonyl (C=O) groups is 1. The van der Waals surface area contributed by atoms with Gasteiger partial charge in [0.2, 0.25) is 5.91 Å². The molecule has 0 unspecified atom stereocenters. The van der Waals surface area contributed by atoms with Crippen molar-refractivity contribution in [2.45, 2.75) is 13.0 Å². The molecular formula is C16H12Cl3N3O. The van der Waals surface area contributed by atoms with E-state index in [1.54, 1.807) is 30.3 Å². The molecule has 0 aliphatic rings. The van der Waals surface area contributed by atoms with E-state index in [-0.39, 0.29) is 12.3 Å². The summed E-state index contributed by atoms with van der Waals surface area (Å²) in [5.74, 6) is 0.529. The number of nitrogens with one attached hydrogen (secondary N) is 2. The van der Waals surface area contributed by atoms with Crippen LogP contribution in [-0.2, 0) is 17.8 Å². The number of fused-ring (bicyclic) bond motifs is 1. The van der Waals surface area contributed by atoms with Crippen LogP contribution in [0.2, 0.25) is 15.1 Å². The zero-order valence-corrected chi connectivity index (χ0v) is 14.1. The van der Waals surface area contributed by atoms with Gasteiger partial charge in [-0.3, -0.25) is 4.79 Å². The van der Waals surface area contributed by atoms with Crippen molar-refractivity contribution in [1.82, 2.24) is 15.3 Å². The number of amides is 1. The van der Waals surface area contributed by atoms with Crippen LogP contribution in [0.3, 0.4) is 0 Å². The largest absolute Gasteiger partial charge is 0.349 e. The molecule has 0 saturated heterocycles. The molecule has 2 aromatic carbocycles. The number of aromatic nitrogens is 2. The molecule has 118 valence electrons. The Bertz CT molecular complexity index is 856. The minimum atomic E-state index is -0.137. The van der Waals surface area contributed by atoms with Gasteiger partial charge in [0.05, 0.1) is 24.0 Å². The first kappa shape index (κ1) is 16.1. The third-order valence-electron chi connectivity index (χ3n) is 3.23. The van der Waals surface area contributed by atoms with Crippen LogP contribution >= 0.6 is 34.8 Å². The number of hydrogen-bond acceptors (Lipinski definition) is 2. The van der Waals surface area contributed by atoms with E-state index >= 15 is 0 Å². The van der Waals surface area contributed by atoms with E-state index in [0.717, 1.165) is 16.6 Å². The fourth-order valence-corrected chi connectivity index (χ4v) is 3.00. The predicted molar refractivity (Wildman–Crippen MR) is 93.1 cm³/mol. The molecule has 0 fully saturated rings. The number of hydrogen-bond donors (Lipinski definition) is 2. The quantitative estimate of drug-likeness (QED) is 0.718. The lowest BCUT2D eigenvalue weighted by atomic mass is 10.1. The van der Waals surface area contributed by atoms with Gasteiger partial charge in [0.25, 0.3) is 0 Å². The number of benzene rings is 2. The van der Waals surface area contributed by atoms with Gasteiger partial charge in [-0.05, 0) is 42.0 Å². The molecule has 0 atom stereocenters. The second-order valence-corrected chi connectivity index (χ2v) is 6.39. The summed E-state index contributed by atoms with van der Waals surface area (Å²) >= 11 is 17.8. The maximum Gasteiger partial charge on any atom is 0.224 e. The van der Waals surface area contributed by atoms with Crippen LogP contribution in [0.15, 0.2) is 36.4 Å². The minimum absolute atomic E-state index is 0.137. The average Bonchev–Trinajstić information content (AvgIpc) is 2.86. The molecule has 0 radical (unpaired) electrons. The fraction of sp³-hybridized carbons (Fsp3) is 0.125. The average molecular weight is 369 g/mol. The molecule has 0 aliphatic heterocycles. The van der Waals surface area contributed by atoms with Crippen LogP contribution in [0.5, 0.6) is 0 Å². The smallest absolute Gasteiger partial charge is 0.224 e. The maximum atomic E-state index is 12.0. The van der Waals surface area contributed by atoms with Gasteiger partial charge in [0.1, 0.15) is 5.82 Å². The van der Waals surface area contributed by atoms with E-state index in [9.17, 15) is 4.79 Å². The van der Waals surface area contributed by atoms with Gasteiger partial charge < -0.3 is 10.3 Å². The Labute approximate surface area is 147 Å². The predicted octanol–water partition coefficient (Wildman–Crippen LogP) is 4.38. The summed E-state index contributed by atoms with van der Waals surface area (Å²) in [6, 6.07) is 10.5. The third-order valence-corrected chi connectivity index (χ3v) is 3.90. The minimum Gasteiger partial charge on any atom is -0.349 e. The van der Waals surface area contributed by atoms with Gasteiger partial charge in [0, 0.05) is 15.1 Å². The Hall–Kier alpha value is -1.75. The Morgan fingerprint density at radius 3 is 2.52 bits per heavy atom. The summed E-state index contributed by atoms with van der Waals surface area (Å²) in [7, 11) is 0. The first-order valence-electron chi connectivity index (χ1n) is 6.85. The van der Waals surface area contributed by atoms with Crippen LogP contribution in [0, 0.1) is 0 Å². The number of nitrogens with zero attached hydrogens (tertiary/aromatic N) is 1. The highest BCUT2D eigenvalue weighted by Gasteiger charge is 2.08. The van der Waals surface area contributed by atoms with Crippen LogP contribution in [0.4, 0.5) is 0 Å². The second kappa shape index (κ2) is 6.79. The molecule has 0 spiro atoms. The standard InChI is InChI=1S/C16H12Cl3N3O/c17-10-1-2-13-14(7-10)22-15(21-13)8-20-16(23)5-9-3-11(18)6-12(19)4-9/h1-4,6-7H,5,8H2,(H,20,23)(H,21,22). The summed E-state index contributed by atoms with van der Waals surface area (Å²) in [6.45, 7) is 0.305. The summed E-state index contributed by atoms with van der Waals surface area (Å²) in [6.07, 6.45) is 0.201. The summed E-state index contributed by atoms with van der Waals surface area (Å²) < 4.78 is 0. The van der Waals surface area contributed by atoms with E-state index < -0.39 is 0 Å². The molecule has 0 saturated carbocycles. The molecule has 23 heavy (non-hydrogen) atoms. The summed E-state index contributed by atoms with van der Waals surface area (Å²) in [5, 5.41) is 4.46. The molecule has 1 aromatic heterocycles. The summed E-state index contributed by atoms with van der Waals surface area (Å²) in [4.78, 5) is 19.5. The van der Waals surface area contributed by atoms with Crippen LogP contribution in [0.25, 0.3) is 11.0 Å².